The highest BCUT2D eigenvalue weighted by molar-refractivity contribution is 6.28. The van der Waals surface area contributed by atoms with Crippen LogP contribution >= 0.6 is 11.6 Å². The van der Waals surface area contributed by atoms with Gasteiger partial charge in [0.15, 0.2) is 5.82 Å². The molecule has 0 atom stereocenters. The average molecular weight is 310 g/mol. The van der Waals surface area contributed by atoms with Crippen LogP contribution in [0, 0.1) is 12.8 Å². The van der Waals surface area contributed by atoms with Gasteiger partial charge in [0.2, 0.25) is 5.28 Å². The van der Waals surface area contributed by atoms with Crippen molar-refractivity contribution in [2.75, 3.05) is 43.4 Å². The van der Waals surface area contributed by atoms with E-state index in [0.29, 0.717) is 5.69 Å². The molecule has 0 radical (unpaired) electrons. The van der Waals surface area contributed by atoms with E-state index < -0.39 is 0 Å². The Morgan fingerprint density at radius 1 is 1.14 bits per heavy atom. The number of halogens is 1. The molecule has 3 rings (SSSR count). The fourth-order valence-corrected chi connectivity index (χ4v) is 3.64. The number of nitrogens with two attached hydrogens (primary N) is 1. The van der Waals surface area contributed by atoms with Crippen LogP contribution in [0.5, 0.6) is 0 Å². The first kappa shape index (κ1) is 14.9. The summed E-state index contributed by atoms with van der Waals surface area (Å²) in [6, 6.07) is 0. The van der Waals surface area contributed by atoms with Gasteiger partial charge in [-0.15, -0.1) is 0 Å². The molecule has 0 bridgehead atoms. The zero-order chi connectivity index (χ0) is 14.8. The Morgan fingerprint density at radius 2 is 1.81 bits per heavy atom. The lowest BCUT2D eigenvalue weighted by Gasteiger charge is -2.35. The van der Waals surface area contributed by atoms with Gasteiger partial charge in [-0.1, -0.05) is 0 Å². The molecular formula is C15H24ClN5. The Labute approximate surface area is 131 Å². The van der Waals surface area contributed by atoms with Crippen LogP contribution in [0.2, 0.25) is 5.28 Å². The smallest absolute Gasteiger partial charge is 0.224 e. The lowest BCUT2D eigenvalue weighted by atomic mass is 9.96. The van der Waals surface area contributed by atoms with Crippen molar-refractivity contribution in [3.63, 3.8) is 0 Å². The molecule has 21 heavy (non-hydrogen) atoms. The molecule has 2 fully saturated rings. The van der Waals surface area contributed by atoms with Crippen LogP contribution in [0.4, 0.5) is 11.5 Å². The SMILES string of the molecule is Cc1nc(Cl)nc(N2CCC(CN3CCCC3)CC2)c1N. The zero-order valence-corrected chi connectivity index (χ0v) is 13.4. The summed E-state index contributed by atoms with van der Waals surface area (Å²) in [5, 5.41) is 0.288. The third kappa shape index (κ3) is 3.40. The highest BCUT2D eigenvalue weighted by atomic mass is 35.5. The largest absolute Gasteiger partial charge is 0.394 e. The summed E-state index contributed by atoms with van der Waals surface area (Å²) in [5.41, 5.74) is 7.55. The van der Waals surface area contributed by atoms with Crippen molar-refractivity contribution in [2.24, 2.45) is 5.92 Å². The van der Waals surface area contributed by atoms with Crippen molar-refractivity contribution in [3.8, 4) is 0 Å². The number of hydrogen-bond acceptors (Lipinski definition) is 5. The van der Waals surface area contributed by atoms with Gasteiger partial charge in [-0.25, -0.2) is 4.98 Å². The van der Waals surface area contributed by atoms with E-state index in [0.717, 1.165) is 30.5 Å². The molecule has 2 aliphatic rings. The second-order valence-electron chi connectivity index (χ2n) is 6.25. The number of nitrogens with zero attached hydrogens (tertiary/aromatic N) is 4. The van der Waals surface area contributed by atoms with Gasteiger partial charge in [0.05, 0.1) is 11.4 Å². The van der Waals surface area contributed by atoms with E-state index >= 15 is 0 Å². The number of aromatic nitrogens is 2. The highest BCUT2D eigenvalue weighted by Gasteiger charge is 2.25. The maximum atomic E-state index is 6.12. The molecule has 0 aliphatic carbocycles. The molecule has 2 aliphatic heterocycles. The molecule has 0 saturated carbocycles. The van der Waals surface area contributed by atoms with Crippen LogP contribution in [0.1, 0.15) is 31.4 Å². The summed E-state index contributed by atoms with van der Waals surface area (Å²) < 4.78 is 0. The predicted molar refractivity (Wildman–Crippen MR) is 86.8 cm³/mol. The minimum Gasteiger partial charge on any atom is -0.394 e. The van der Waals surface area contributed by atoms with Crippen molar-refractivity contribution in [1.82, 2.24) is 14.9 Å². The highest BCUT2D eigenvalue weighted by Crippen LogP contribution is 2.29. The van der Waals surface area contributed by atoms with Crippen LogP contribution in [0.25, 0.3) is 0 Å². The molecule has 0 aromatic carbocycles. The molecule has 2 N–H and O–H groups in total. The summed E-state index contributed by atoms with van der Waals surface area (Å²) in [6.45, 7) is 7.73. The third-order valence-corrected chi connectivity index (χ3v) is 4.89. The molecule has 1 aromatic rings. The summed E-state index contributed by atoms with van der Waals surface area (Å²) in [7, 11) is 0. The van der Waals surface area contributed by atoms with Gasteiger partial charge >= 0.3 is 0 Å². The Morgan fingerprint density at radius 3 is 2.48 bits per heavy atom. The number of rotatable bonds is 3. The molecule has 3 heterocycles. The molecule has 5 nitrogen and oxygen atoms in total. The fraction of sp³-hybridized carbons (Fsp3) is 0.733. The topological polar surface area (TPSA) is 58.3 Å². The van der Waals surface area contributed by atoms with Crippen molar-refractivity contribution in [3.05, 3.63) is 11.0 Å². The minimum atomic E-state index is 0.288. The summed E-state index contributed by atoms with van der Waals surface area (Å²) >= 11 is 5.97. The van der Waals surface area contributed by atoms with E-state index in [-0.39, 0.29) is 5.28 Å². The lowest BCUT2D eigenvalue weighted by Crippen LogP contribution is -2.39. The van der Waals surface area contributed by atoms with Gasteiger partial charge < -0.3 is 15.5 Å². The van der Waals surface area contributed by atoms with Gasteiger partial charge in [0, 0.05) is 19.6 Å². The van der Waals surface area contributed by atoms with Crippen LogP contribution in [0.3, 0.4) is 0 Å². The summed E-state index contributed by atoms with van der Waals surface area (Å²) in [6.07, 6.45) is 5.15. The first-order valence-electron chi connectivity index (χ1n) is 7.90. The first-order valence-corrected chi connectivity index (χ1v) is 8.28. The van der Waals surface area contributed by atoms with Crippen molar-refractivity contribution in [1.29, 1.82) is 0 Å². The molecular weight excluding hydrogens is 286 g/mol. The average Bonchev–Trinajstić information content (AvgIpc) is 2.97. The molecule has 6 heteroatoms. The van der Waals surface area contributed by atoms with Crippen molar-refractivity contribution in [2.45, 2.75) is 32.6 Å². The van der Waals surface area contributed by atoms with E-state index in [4.69, 9.17) is 17.3 Å². The standard InChI is InChI=1S/C15H24ClN5/c1-11-13(17)14(19-15(16)18-11)21-8-4-12(5-9-21)10-20-6-2-3-7-20/h12H,2-10,17H2,1H3. The minimum absolute atomic E-state index is 0.288. The Bertz CT molecular complexity index is 493. The lowest BCUT2D eigenvalue weighted by molar-refractivity contribution is 0.249. The predicted octanol–water partition coefficient (Wildman–Crippen LogP) is 2.33. The quantitative estimate of drug-likeness (QED) is 0.869. The van der Waals surface area contributed by atoms with E-state index in [1.54, 1.807) is 0 Å². The van der Waals surface area contributed by atoms with Crippen LogP contribution in [-0.4, -0.2) is 47.6 Å². The van der Waals surface area contributed by atoms with Gasteiger partial charge in [-0.3, -0.25) is 0 Å². The Balaban J connectivity index is 1.60. The number of likely N-dealkylation sites (tertiary alicyclic amines) is 1. The number of anilines is 2. The van der Waals surface area contributed by atoms with Crippen LogP contribution in [0.15, 0.2) is 0 Å². The second-order valence-corrected chi connectivity index (χ2v) is 6.59. The molecule has 2 saturated heterocycles. The number of aryl methyl sites for hydroxylation is 1. The molecule has 0 spiro atoms. The van der Waals surface area contributed by atoms with Gasteiger partial charge in [0.1, 0.15) is 0 Å². The third-order valence-electron chi connectivity index (χ3n) is 4.72. The van der Waals surface area contributed by atoms with Gasteiger partial charge in [-0.05, 0) is 63.2 Å². The van der Waals surface area contributed by atoms with E-state index in [1.165, 1.54) is 45.3 Å². The maximum Gasteiger partial charge on any atom is 0.224 e. The Hall–Kier alpha value is -1.07. The molecule has 116 valence electrons. The fourth-order valence-electron chi connectivity index (χ4n) is 3.43. The summed E-state index contributed by atoms with van der Waals surface area (Å²) in [4.78, 5) is 13.3. The number of piperidine rings is 1. The normalized spacial score (nSPS) is 21.1. The molecule has 1 aromatic heterocycles. The second kappa shape index (κ2) is 6.36. The van der Waals surface area contributed by atoms with E-state index in [9.17, 15) is 0 Å². The monoisotopic (exact) mass is 309 g/mol. The van der Waals surface area contributed by atoms with Crippen molar-refractivity contribution < 1.29 is 0 Å². The van der Waals surface area contributed by atoms with Gasteiger partial charge in [0.25, 0.3) is 0 Å². The van der Waals surface area contributed by atoms with Crippen LogP contribution < -0.4 is 10.6 Å². The van der Waals surface area contributed by atoms with Crippen molar-refractivity contribution >= 4 is 23.1 Å². The zero-order valence-electron chi connectivity index (χ0n) is 12.7. The van der Waals surface area contributed by atoms with E-state index in [2.05, 4.69) is 19.8 Å². The first-order chi connectivity index (χ1) is 10.1. The van der Waals surface area contributed by atoms with Gasteiger partial charge in [-0.2, -0.15) is 4.98 Å². The summed E-state index contributed by atoms with van der Waals surface area (Å²) in [5.74, 6) is 1.62. The Kier molecular flexibility index (Phi) is 4.50. The maximum absolute atomic E-state index is 6.12. The molecule has 0 unspecified atom stereocenters. The number of hydrogen-bond donors (Lipinski definition) is 1. The van der Waals surface area contributed by atoms with Crippen LogP contribution in [-0.2, 0) is 0 Å². The molecule has 0 amide bonds. The van der Waals surface area contributed by atoms with E-state index in [1.807, 2.05) is 6.92 Å². The number of nitrogen functional groups attached to an aromatic ring is 1.